The van der Waals surface area contributed by atoms with Crippen LogP contribution < -0.4 is 10.1 Å². The first-order valence-electron chi connectivity index (χ1n) is 8.85. The fourth-order valence-corrected chi connectivity index (χ4v) is 3.27. The molecule has 0 bridgehead atoms. The molecule has 0 saturated carbocycles. The second-order valence-electron chi connectivity index (χ2n) is 6.44. The number of pyridine rings is 1. The number of carbonyl (C=O) groups excluding carboxylic acids is 2. The molecule has 1 fully saturated rings. The Kier molecular flexibility index (Phi) is 5.71. The molecule has 0 unspecified atom stereocenters. The summed E-state index contributed by atoms with van der Waals surface area (Å²) in [6, 6.07) is 8.47. The minimum absolute atomic E-state index is 0.148. The summed E-state index contributed by atoms with van der Waals surface area (Å²) in [6.07, 6.45) is 1.98. The van der Waals surface area contributed by atoms with Gasteiger partial charge in [-0.05, 0) is 36.6 Å². The molecule has 0 radical (unpaired) electrons. The third kappa shape index (κ3) is 3.93. The number of amides is 2. The first kappa shape index (κ1) is 18.8. The molecule has 2 N–H and O–H groups in total. The molecule has 2 amide bonds. The Bertz CT molecular complexity index is 836. The molecular weight excluding hydrogens is 346 g/mol. The standard InChI is InChI=1S/C20H23N3O4/c1-13-11-18(27-2)22-12-16(13)14-3-5-15(6-4-14)20(26)23-9-8-21-19(25)17(23)7-10-24/h3-6,11-12,17,24H,7-10H2,1-2H3,(H,21,25)/t17-/m0/s1. The molecule has 2 aromatic rings. The van der Waals surface area contributed by atoms with Gasteiger partial charge in [-0.3, -0.25) is 9.59 Å². The average molecular weight is 369 g/mol. The lowest BCUT2D eigenvalue weighted by atomic mass is 10.0. The molecule has 1 aromatic carbocycles. The van der Waals surface area contributed by atoms with E-state index in [2.05, 4.69) is 10.3 Å². The highest BCUT2D eigenvalue weighted by molar-refractivity contribution is 5.98. The Hall–Kier alpha value is -2.93. The van der Waals surface area contributed by atoms with E-state index >= 15 is 0 Å². The van der Waals surface area contributed by atoms with Crippen molar-refractivity contribution in [3.8, 4) is 17.0 Å². The molecule has 1 aliphatic rings. The number of aliphatic hydroxyl groups excluding tert-OH is 1. The number of ether oxygens (including phenoxy) is 1. The molecule has 1 atom stereocenters. The maximum absolute atomic E-state index is 12.9. The predicted octanol–water partition coefficient (Wildman–Crippen LogP) is 1.39. The zero-order valence-corrected chi connectivity index (χ0v) is 15.4. The van der Waals surface area contributed by atoms with Crippen LogP contribution in [0.3, 0.4) is 0 Å². The van der Waals surface area contributed by atoms with Crippen molar-refractivity contribution in [2.75, 3.05) is 26.8 Å². The molecule has 142 valence electrons. The number of aryl methyl sites for hydroxylation is 1. The van der Waals surface area contributed by atoms with Gasteiger partial charge in [-0.15, -0.1) is 0 Å². The molecule has 0 spiro atoms. The number of carbonyl (C=O) groups is 2. The van der Waals surface area contributed by atoms with Gasteiger partial charge in [-0.25, -0.2) is 4.98 Å². The number of benzene rings is 1. The molecule has 7 heteroatoms. The van der Waals surface area contributed by atoms with Gasteiger partial charge in [0.2, 0.25) is 11.8 Å². The van der Waals surface area contributed by atoms with E-state index in [-0.39, 0.29) is 24.8 Å². The van der Waals surface area contributed by atoms with Gasteiger partial charge >= 0.3 is 0 Å². The number of methoxy groups -OCH3 is 1. The average Bonchev–Trinajstić information content (AvgIpc) is 2.69. The number of aromatic nitrogens is 1. The van der Waals surface area contributed by atoms with Crippen LogP contribution in [0.25, 0.3) is 11.1 Å². The Balaban J connectivity index is 1.82. The summed E-state index contributed by atoms with van der Waals surface area (Å²) in [6.45, 7) is 2.68. The molecular formula is C20H23N3O4. The topological polar surface area (TPSA) is 91.8 Å². The lowest BCUT2D eigenvalue weighted by Gasteiger charge is -2.34. The molecule has 7 nitrogen and oxygen atoms in total. The van der Waals surface area contributed by atoms with E-state index in [1.165, 1.54) is 4.90 Å². The third-order valence-electron chi connectivity index (χ3n) is 4.73. The number of nitrogens with one attached hydrogen (secondary N) is 1. The first-order valence-corrected chi connectivity index (χ1v) is 8.85. The van der Waals surface area contributed by atoms with Gasteiger partial charge in [0, 0.05) is 43.1 Å². The minimum Gasteiger partial charge on any atom is -0.481 e. The van der Waals surface area contributed by atoms with Crippen molar-refractivity contribution in [1.82, 2.24) is 15.2 Å². The second kappa shape index (κ2) is 8.18. The van der Waals surface area contributed by atoms with Crippen molar-refractivity contribution < 1.29 is 19.4 Å². The first-order chi connectivity index (χ1) is 13.0. The Morgan fingerprint density at radius 2 is 2.11 bits per heavy atom. The normalized spacial score (nSPS) is 16.8. The SMILES string of the molecule is COc1cc(C)c(-c2ccc(C(=O)N3CCNC(=O)[C@@H]3CCO)cc2)cn1. The number of rotatable bonds is 5. The molecule has 3 rings (SSSR count). The van der Waals surface area contributed by atoms with Gasteiger partial charge in [0.05, 0.1) is 7.11 Å². The lowest BCUT2D eigenvalue weighted by molar-refractivity contribution is -0.128. The fraction of sp³-hybridized carbons (Fsp3) is 0.350. The van der Waals surface area contributed by atoms with E-state index in [4.69, 9.17) is 4.74 Å². The molecule has 1 aliphatic heterocycles. The van der Waals surface area contributed by atoms with E-state index in [0.29, 0.717) is 24.5 Å². The van der Waals surface area contributed by atoms with Gasteiger partial charge in [-0.2, -0.15) is 0 Å². The zero-order chi connectivity index (χ0) is 19.4. The molecule has 2 heterocycles. The van der Waals surface area contributed by atoms with E-state index in [0.717, 1.165) is 16.7 Å². The van der Waals surface area contributed by atoms with Crippen LogP contribution in [0.15, 0.2) is 36.5 Å². The number of nitrogens with zero attached hydrogens (tertiary/aromatic N) is 2. The summed E-state index contributed by atoms with van der Waals surface area (Å²) in [4.78, 5) is 30.7. The summed E-state index contributed by atoms with van der Waals surface area (Å²) in [5.41, 5.74) is 3.44. The van der Waals surface area contributed by atoms with Crippen LogP contribution in [-0.4, -0.2) is 59.7 Å². The van der Waals surface area contributed by atoms with Gasteiger partial charge in [0.15, 0.2) is 0 Å². The van der Waals surface area contributed by atoms with Crippen LogP contribution in [0.1, 0.15) is 22.3 Å². The Morgan fingerprint density at radius 3 is 2.74 bits per heavy atom. The largest absolute Gasteiger partial charge is 0.481 e. The third-order valence-corrected chi connectivity index (χ3v) is 4.73. The van der Waals surface area contributed by atoms with Crippen molar-refractivity contribution >= 4 is 11.8 Å². The lowest BCUT2D eigenvalue weighted by Crippen LogP contribution is -2.57. The van der Waals surface area contributed by atoms with Crippen LogP contribution in [0.4, 0.5) is 0 Å². The van der Waals surface area contributed by atoms with Crippen LogP contribution in [0.2, 0.25) is 0 Å². The molecule has 27 heavy (non-hydrogen) atoms. The summed E-state index contributed by atoms with van der Waals surface area (Å²) < 4.78 is 5.13. The van der Waals surface area contributed by atoms with Crippen molar-refractivity contribution in [3.05, 3.63) is 47.7 Å². The highest BCUT2D eigenvalue weighted by atomic mass is 16.5. The summed E-state index contributed by atoms with van der Waals surface area (Å²) in [5.74, 6) is 0.126. The Labute approximate surface area is 158 Å². The van der Waals surface area contributed by atoms with E-state index in [9.17, 15) is 14.7 Å². The summed E-state index contributed by atoms with van der Waals surface area (Å²) in [7, 11) is 1.58. The highest BCUT2D eigenvalue weighted by Crippen LogP contribution is 2.26. The number of hydrogen-bond acceptors (Lipinski definition) is 5. The van der Waals surface area contributed by atoms with Gasteiger partial charge in [0.1, 0.15) is 6.04 Å². The second-order valence-corrected chi connectivity index (χ2v) is 6.44. The van der Waals surface area contributed by atoms with Crippen LogP contribution >= 0.6 is 0 Å². The zero-order valence-electron chi connectivity index (χ0n) is 15.4. The van der Waals surface area contributed by atoms with Crippen molar-refractivity contribution in [2.45, 2.75) is 19.4 Å². The van der Waals surface area contributed by atoms with Crippen molar-refractivity contribution in [2.24, 2.45) is 0 Å². The molecule has 1 aromatic heterocycles. The van der Waals surface area contributed by atoms with Crippen LogP contribution in [-0.2, 0) is 4.79 Å². The van der Waals surface area contributed by atoms with Gasteiger partial charge in [0.25, 0.3) is 5.91 Å². The highest BCUT2D eigenvalue weighted by Gasteiger charge is 2.32. The molecule has 0 aliphatic carbocycles. The van der Waals surface area contributed by atoms with Gasteiger partial charge in [-0.1, -0.05) is 12.1 Å². The maximum atomic E-state index is 12.9. The number of aliphatic hydroxyl groups is 1. The number of hydrogen-bond donors (Lipinski definition) is 2. The predicted molar refractivity (Wildman–Crippen MR) is 100 cm³/mol. The summed E-state index contributed by atoms with van der Waals surface area (Å²) in [5, 5.41) is 11.9. The van der Waals surface area contributed by atoms with Crippen LogP contribution in [0.5, 0.6) is 5.88 Å². The Morgan fingerprint density at radius 1 is 1.37 bits per heavy atom. The minimum atomic E-state index is -0.635. The van der Waals surface area contributed by atoms with E-state index in [1.54, 1.807) is 25.4 Å². The number of piperazine rings is 1. The quantitative estimate of drug-likeness (QED) is 0.831. The van der Waals surface area contributed by atoms with E-state index in [1.807, 2.05) is 25.1 Å². The van der Waals surface area contributed by atoms with Gasteiger partial charge < -0.3 is 20.1 Å². The van der Waals surface area contributed by atoms with Crippen molar-refractivity contribution in [3.63, 3.8) is 0 Å². The van der Waals surface area contributed by atoms with Crippen molar-refractivity contribution in [1.29, 1.82) is 0 Å². The smallest absolute Gasteiger partial charge is 0.254 e. The van der Waals surface area contributed by atoms with E-state index < -0.39 is 6.04 Å². The maximum Gasteiger partial charge on any atom is 0.254 e. The summed E-state index contributed by atoms with van der Waals surface area (Å²) >= 11 is 0. The van der Waals surface area contributed by atoms with Crippen LogP contribution in [0, 0.1) is 6.92 Å². The fourth-order valence-electron chi connectivity index (χ4n) is 3.27. The molecule has 1 saturated heterocycles. The monoisotopic (exact) mass is 369 g/mol.